The lowest BCUT2D eigenvalue weighted by Crippen LogP contribution is -2.23. The maximum atomic E-state index is 12.2. The molecule has 3 aromatic rings. The van der Waals surface area contributed by atoms with Gasteiger partial charge in [0.2, 0.25) is 5.91 Å². The quantitative estimate of drug-likeness (QED) is 0.643. The molecule has 1 aromatic heterocycles. The molecular weight excluding hydrogens is 344 g/mol. The molecule has 7 nitrogen and oxygen atoms in total. The van der Waals surface area contributed by atoms with Crippen molar-refractivity contribution in [3.63, 3.8) is 0 Å². The lowest BCUT2D eigenvalue weighted by Gasteiger charge is -2.24. The summed E-state index contributed by atoms with van der Waals surface area (Å²) in [7, 11) is 3.20. The highest BCUT2D eigenvalue weighted by molar-refractivity contribution is 5.95. The molecule has 2 aromatic carbocycles. The fourth-order valence-electron chi connectivity index (χ4n) is 3.37. The van der Waals surface area contributed by atoms with Crippen LogP contribution in [0, 0.1) is 0 Å². The number of ether oxygens (including phenoxy) is 2. The number of carbonyl (C=O) groups excluding carboxylic acids is 1. The minimum absolute atomic E-state index is 0.0694. The summed E-state index contributed by atoms with van der Waals surface area (Å²) in [5, 5.41) is 13.5. The predicted molar refractivity (Wildman–Crippen MR) is 103 cm³/mol. The van der Waals surface area contributed by atoms with Crippen molar-refractivity contribution < 1.29 is 14.3 Å². The molecule has 7 heteroatoms. The van der Waals surface area contributed by atoms with Gasteiger partial charge in [-0.2, -0.15) is 5.10 Å². The van der Waals surface area contributed by atoms with Gasteiger partial charge in [0.1, 0.15) is 5.82 Å². The molecule has 1 amide bonds. The van der Waals surface area contributed by atoms with Crippen LogP contribution in [0.2, 0.25) is 0 Å². The fraction of sp³-hybridized carbons (Fsp3) is 0.200. The number of H-pyrrole nitrogens is 1. The molecule has 0 fully saturated rings. The second kappa shape index (κ2) is 7.03. The zero-order valence-corrected chi connectivity index (χ0v) is 15.1. The molecule has 138 valence electrons. The number of nitrogens with zero attached hydrogens (tertiary/aromatic N) is 1. The first-order valence-corrected chi connectivity index (χ1v) is 8.61. The number of benzene rings is 2. The number of methoxy groups -OCH3 is 2. The molecular formula is C20H20N4O3. The van der Waals surface area contributed by atoms with Crippen LogP contribution < -0.4 is 20.1 Å². The van der Waals surface area contributed by atoms with Gasteiger partial charge in [-0.3, -0.25) is 9.89 Å². The van der Waals surface area contributed by atoms with Crippen LogP contribution in [0.1, 0.15) is 23.5 Å². The maximum absolute atomic E-state index is 12.2. The Morgan fingerprint density at radius 2 is 1.85 bits per heavy atom. The topological polar surface area (TPSA) is 88.3 Å². The Balaban J connectivity index is 1.76. The first-order chi connectivity index (χ1) is 13.2. The molecule has 0 bridgehead atoms. The standard InChI is InChI=1S/C20H20N4O3/c1-26-15-9-8-12(10-16(15)27-2)14-11-17(25)22-20-18(14)19(23-24-20)21-13-6-4-3-5-7-13/h3-10,14H,11H2,1-2H3,(H3,21,22,23,24,25). The fourth-order valence-corrected chi connectivity index (χ4v) is 3.37. The van der Waals surface area contributed by atoms with E-state index in [4.69, 9.17) is 9.47 Å². The second-order valence-electron chi connectivity index (χ2n) is 6.27. The normalized spacial score (nSPS) is 15.6. The third-order valence-electron chi connectivity index (χ3n) is 4.65. The number of aromatic amines is 1. The van der Waals surface area contributed by atoms with Crippen LogP contribution in [-0.2, 0) is 4.79 Å². The first kappa shape index (κ1) is 17.0. The van der Waals surface area contributed by atoms with Gasteiger partial charge < -0.3 is 20.1 Å². The number of amides is 1. The molecule has 3 N–H and O–H groups in total. The Kier molecular flexibility index (Phi) is 4.42. The average molecular weight is 364 g/mol. The molecule has 1 aliphatic heterocycles. The number of carbonyl (C=O) groups is 1. The minimum atomic E-state index is -0.154. The van der Waals surface area contributed by atoms with E-state index in [0.717, 1.165) is 22.6 Å². The van der Waals surface area contributed by atoms with E-state index in [0.29, 0.717) is 23.7 Å². The van der Waals surface area contributed by atoms with Gasteiger partial charge in [-0.15, -0.1) is 0 Å². The Hall–Kier alpha value is -3.48. The van der Waals surface area contributed by atoms with Gasteiger partial charge in [0, 0.05) is 23.6 Å². The van der Waals surface area contributed by atoms with Crippen molar-refractivity contribution in [2.75, 3.05) is 24.9 Å². The number of nitrogens with one attached hydrogen (secondary N) is 3. The Bertz CT molecular complexity index is 969. The van der Waals surface area contributed by atoms with Crippen LogP contribution in [-0.4, -0.2) is 30.3 Å². The molecule has 0 saturated carbocycles. The summed E-state index contributed by atoms with van der Waals surface area (Å²) in [6, 6.07) is 15.5. The summed E-state index contributed by atoms with van der Waals surface area (Å²) in [6.07, 6.45) is 0.325. The van der Waals surface area contributed by atoms with E-state index in [9.17, 15) is 4.79 Å². The van der Waals surface area contributed by atoms with Crippen LogP contribution in [0.3, 0.4) is 0 Å². The van der Waals surface area contributed by atoms with Crippen molar-refractivity contribution in [1.29, 1.82) is 0 Å². The van der Waals surface area contributed by atoms with Crippen LogP contribution in [0.4, 0.5) is 17.3 Å². The summed E-state index contributed by atoms with van der Waals surface area (Å²) in [5.41, 5.74) is 2.82. The highest BCUT2D eigenvalue weighted by Crippen LogP contribution is 2.43. The second-order valence-corrected chi connectivity index (χ2v) is 6.27. The number of rotatable bonds is 5. The number of aromatic nitrogens is 2. The lowest BCUT2D eigenvalue weighted by atomic mass is 9.86. The molecule has 0 saturated heterocycles. The Labute approximate surface area is 156 Å². The van der Waals surface area contributed by atoms with Crippen molar-refractivity contribution in [3.05, 3.63) is 59.7 Å². The molecule has 2 heterocycles. The number of anilines is 3. The largest absolute Gasteiger partial charge is 0.493 e. The third-order valence-corrected chi connectivity index (χ3v) is 4.65. The van der Waals surface area contributed by atoms with Crippen LogP contribution >= 0.6 is 0 Å². The van der Waals surface area contributed by atoms with Crippen LogP contribution in [0.5, 0.6) is 11.5 Å². The SMILES string of the molecule is COc1ccc(C2CC(=O)Nc3n[nH]c(Nc4ccccc4)c32)cc1OC. The van der Waals surface area contributed by atoms with Crippen molar-refractivity contribution in [2.24, 2.45) is 0 Å². The summed E-state index contributed by atoms with van der Waals surface area (Å²) in [6.45, 7) is 0. The van der Waals surface area contributed by atoms with E-state index in [1.54, 1.807) is 14.2 Å². The first-order valence-electron chi connectivity index (χ1n) is 8.61. The molecule has 1 aliphatic rings. The molecule has 4 rings (SSSR count). The molecule has 1 unspecified atom stereocenters. The monoisotopic (exact) mass is 364 g/mol. The van der Waals surface area contributed by atoms with Crippen molar-refractivity contribution in [2.45, 2.75) is 12.3 Å². The van der Waals surface area contributed by atoms with Crippen molar-refractivity contribution in [3.8, 4) is 11.5 Å². The van der Waals surface area contributed by atoms with Crippen LogP contribution in [0.15, 0.2) is 48.5 Å². The number of hydrogen-bond acceptors (Lipinski definition) is 5. The highest BCUT2D eigenvalue weighted by Gasteiger charge is 2.32. The summed E-state index contributed by atoms with van der Waals surface area (Å²) in [4.78, 5) is 12.2. The van der Waals surface area contributed by atoms with E-state index in [-0.39, 0.29) is 11.8 Å². The molecule has 27 heavy (non-hydrogen) atoms. The number of fused-ring (bicyclic) bond motifs is 1. The molecule has 1 atom stereocenters. The number of para-hydroxylation sites is 1. The van der Waals surface area contributed by atoms with Gasteiger partial charge in [-0.05, 0) is 29.8 Å². The molecule has 0 spiro atoms. The summed E-state index contributed by atoms with van der Waals surface area (Å²) >= 11 is 0. The lowest BCUT2D eigenvalue weighted by molar-refractivity contribution is -0.116. The average Bonchev–Trinajstić information content (AvgIpc) is 3.10. The minimum Gasteiger partial charge on any atom is -0.493 e. The van der Waals surface area contributed by atoms with Gasteiger partial charge in [0.05, 0.1) is 14.2 Å². The van der Waals surface area contributed by atoms with Gasteiger partial charge in [0.15, 0.2) is 17.3 Å². The Morgan fingerprint density at radius 1 is 1.07 bits per heavy atom. The summed E-state index contributed by atoms with van der Waals surface area (Å²) in [5.74, 6) is 2.36. The number of hydrogen-bond donors (Lipinski definition) is 3. The van der Waals surface area contributed by atoms with Gasteiger partial charge >= 0.3 is 0 Å². The van der Waals surface area contributed by atoms with E-state index in [1.807, 2.05) is 48.5 Å². The predicted octanol–water partition coefficient (Wildman–Crippen LogP) is 3.64. The Morgan fingerprint density at radius 3 is 2.59 bits per heavy atom. The van der Waals surface area contributed by atoms with Gasteiger partial charge in [-0.25, -0.2) is 0 Å². The maximum Gasteiger partial charge on any atom is 0.226 e. The highest BCUT2D eigenvalue weighted by atomic mass is 16.5. The van der Waals surface area contributed by atoms with Crippen molar-refractivity contribution >= 4 is 23.2 Å². The summed E-state index contributed by atoms with van der Waals surface area (Å²) < 4.78 is 10.7. The van der Waals surface area contributed by atoms with Crippen LogP contribution in [0.25, 0.3) is 0 Å². The van der Waals surface area contributed by atoms with E-state index in [2.05, 4.69) is 20.8 Å². The van der Waals surface area contributed by atoms with E-state index < -0.39 is 0 Å². The molecule has 0 aliphatic carbocycles. The third kappa shape index (κ3) is 3.19. The van der Waals surface area contributed by atoms with Gasteiger partial charge in [-0.1, -0.05) is 24.3 Å². The zero-order chi connectivity index (χ0) is 18.8. The zero-order valence-electron chi connectivity index (χ0n) is 15.1. The smallest absolute Gasteiger partial charge is 0.226 e. The van der Waals surface area contributed by atoms with E-state index >= 15 is 0 Å². The van der Waals surface area contributed by atoms with Crippen molar-refractivity contribution in [1.82, 2.24) is 10.2 Å². The van der Waals surface area contributed by atoms with E-state index in [1.165, 1.54) is 0 Å². The molecule has 0 radical (unpaired) electrons. The van der Waals surface area contributed by atoms with Gasteiger partial charge in [0.25, 0.3) is 0 Å².